The molecule has 138 valence electrons. The fourth-order valence-corrected chi connectivity index (χ4v) is 1.58. The van der Waals surface area contributed by atoms with Crippen molar-refractivity contribution in [2.75, 3.05) is 13.1 Å². The van der Waals surface area contributed by atoms with E-state index in [1.54, 1.807) is 6.92 Å². The minimum atomic E-state index is -4.38. The Hall–Kier alpha value is -1.27. The van der Waals surface area contributed by atoms with Gasteiger partial charge < -0.3 is 10.6 Å². The molecule has 0 aromatic heterocycles. The maximum atomic E-state index is 13.4. The third-order valence-electron chi connectivity index (χ3n) is 2.64. The number of nitrogens with zero attached hydrogens (tertiary/aromatic N) is 1. The highest BCUT2D eigenvalue weighted by atomic mass is 127. The standard InChI is InChI=1S/C13H14F7N3.HI/c1-2-21-12(22-4-3-13(18,19)20)23-6-7-10(16)8(14)5-9(15)11(7)17;/h5H,2-4,6H2,1H3,(H2,21,22,23);1H. The molecule has 0 aliphatic heterocycles. The summed E-state index contributed by atoms with van der Waals surface area (Å²) in [7, 11) is 0. The molecule has 0 bridgehead atoms. The number of hydrogen-bond donors (Lipinski definition) is 2. The Morgan fingerprint density at radius 1 is 1.04 bits per heavy atom. The fraction of sp³-hybridized carbons (Fsp3) is 0.462. The van der Waals surface area contributed by atoms with E-state index in [-0.39, 0.29) is 42.5 Å². The van der Waals surface area contributed by atoms with Crippen molar-refractivity contribution in [1.29, 1.82) is 0 Å². The average molecular weight is 473 g/mol. The Bertz CT molecular complexity index is 549. The Kier molecular flexibility index (Phi) is 9.37. The first kappa shape index (κ1) is 22.7. The topological polar surface area (TPSA) is 36.4 Å². The molecule has 0 spiro atoms. The number of aliphatic imine (C=N–C) groups is 1. The summed E-state index contributed by atoms with van der Waals surface area (Å²) in [6, 6.07) is 0.0602. The van der Waals surface area contributed by atoms with Gasteiger partial charge in [0.15, 0.2) is 29.2 Å². The highest BCUT2D eigenvalue weighted by molar-refractivity contribution is 14.0. The quantitative estimate of drug-likeness (QED) is 0.224. The molecule has 0 unspecified atom stereocenters. The van der Waals surface area contributed by atoms with Crippen molar-refractivity contribution in [3.05, 3.63) is 34.9 Å². The molecule has 0 heterocycles. The maximum absolute atomic E-state index is 13.4. The van der Waals surface area contributed by atoms with E-state index in [0.29, 0.717) is 0 Å². The second kappa shape index (κ2) is 9.89. The predicted octanol–water partition coefficient (Wildman–Crippen LogP) is 3.87. The Morgan fingerprint density at radius 3 is 2.04 bits per heavy atom. The Balaban J connectivity index is 0.00000529. The zero-order valence-corrected chi connectivity index (χ0v) is 14.7. The van der Waals surface area contributed by atoms with E-state index < -0.39 is 54.5 Å². The molecule has 0 saturated heterocycles. The van der Waals surface area contributed by atoms with E-state index in [2.05, 4.69) is 15.6 Å². The van der Waals surface area contributed by atoms with Gasteiger partial charge >= 0.3 is 6.18 Å². The van der Waals surface area contributed by atoms with Crippen molar-refractivity contribution in [1.82, 2.24) is 10.6 Å². The molecule has 1 aromatic rings. The average Bonchev–Trinajstić information content (AvgIpc) is 2.43. The van der Waals surface area contributed by atoms with Crippen LogP contribution < -0.4 is 10.6 Å². The molecular formula is C13H15F7IN3. The zero-order valence-electron chi connectivity index (χ0n) is 12.4. The molecule has 11 heteroatoms. The number of rotatable bonds is 5. The van der Waals surface area contributed by atoms with E-state index in [0.717, 1.165) is 0 Å². The van der Waals surface area contributed by atoms with Crippen molar-refractivity contribution in [2.24, 2.45) is 4.99 Å². The Labute approximate surface area is 150 Å². The van der Waals surface area contributed by atoms with Gasteiger partial charge in [0.1, 0.15) is 0 Å². The largest absolute Gasteiger partial charge is 0.390 e. The van der Waals surface area contributed by atoms with Gasteiger partial charge in [-0.25, -0.2) is 22.6 Å². The zero-order chi connectivity index (χ0) is 17.6. The van der Waals surface area contributed by atoms with Crippen LogP contribution in [0.3, 0.4) is 0 Å². The van der Waals surface area contributed by atoms with Crippen molar-refractivity contribution in [3.63, 3.8) is 0 Å². The van der Waals surface area contributed by atoms with Crippen LogP contribution in [0.5, 0.6) is 0 Å². The predicted molar refractivity (Wildman–Crippen MR) is 85.2 cm³/mol. The van der Waals surface area contributed by atoms with E-state index in [4.69, 9.17) is 0 Å². The minimum absolute atomic E-state index is 0. The highest BCUT2D eigenvalue weighted by Crippen LogP contribution is 2.20. The molecule has 0 aliphatic rings. The molecule has 3 nitrogen and oxygen atoms in total. The van der Waals surface area contributed by atoms with Crippen LogP contribution in [0.2, 0.25) is 0 Å². The maximum Gasteiger partial charge on any atom is 0.390 e. The highest BCUT2D eigenvalue weighted by Gasteiger charge is 2.26. The molecule has 0 fully saturated rings. The van der Waals surface area contributed by atoms with Gasteiger partial charge in [0.2, 0.25) is 0 Å². The summed E-state index contributed by atoms with van der Waals surface area (Å²) < 4.78 is 89.1. The lowest BCUT2D eigenvalue weighted by Crippen LogP contribution is -2.39. The monoisotopic (exact) mass is 473 g/mol. The second-order valence-corrected chi connectivity index (χ2v) is 4.43. The number of nitrogens with one attached hydrogen (secondary N) is 2. The third kappa shape index (κ3) is 7.09. The number of alkyl halides is 3. The molecular weight excluding hydrogens is 458 g/mol. The van der Waals surface area contributed by atoms with Crippen molar-refractivity contribution >= 4 is 29.9 Å². The normalized spacial score (nSPS) is 11.9. The fourth-order valence-electron chi connectivity index (χ4n) is 1.58. The van der Waals surface area contributed by atoms with Gasteiger partial charge in [-0.2, -0.15) is 13.2 Å². The van der Waals surface area contributed by atoms with Gasteiger partial charge in [-0.1, -0.05) is 0 Å². The molecule has 0 aliphatic carbocycles. The summed E-state index contributed by atoms with van der Waals surface area (Å²) in [5.41, 5.74) is -0.949. The van der Waals surface area contributed by atoms with Crippen molar-refractivity contribution in [3.8, 4) is 0 Å². The van der Waals surface area contributed by atoms with Gasteiger partial charge in [-0.3, -0.25) is 0 Å². The van der Waals surface area contributed by atoms with Crippen LogP contribution in [0.25, 0.3) is 0 Å². The molecule has 0 amide bonds. The molecule has 0 saturated carbocycles. The van der Waals surface area contributed by atoms with Gasteiger partial charge in [0.05, 0.1) is 18.5 Å². The van der Waals surface area contributed by atoms with Crippen LogP contribution >= 0.6 is 24.0 Å². The first-order valence-electron chi connectivity index (χ1n) is 6.56. The summed E-state index contributed by atoms with van der Waals surface area (Å²) >= 11 is 0. The van der Waals surface area contributed by atoms with E-state index in [1.165, 1.54) is 0 Å². The number of guanidine groups is 1. The Morgan fingerprint density at radius 2 is 1.58 bits per heavy atom. The third-order valence-corrected chi connectivity index (χ3v) is 2.64. The molecule has 24 heavy (non-hydrogen) atoms. The van der Waals surface area contributed by atoms with Gasteiger partial charge in [0.25, 0.3) is 0 Å². The SMILES string of the molecule is CCNC(=NCc1c(F)c(F)cc(F)c1F)NCCC(F)(F)F.I. The lowest BCUT2D eigenvalue weighted by atomic mass is 10.2. The van der Waals surface area contributed by atoms with Crippen LogP contribution in [0.1, 0.15) is 18.9 Å². The minimum Gasteiger partial charge on any atom is -0.357 e. The first-order valence-corrected chi connectivity index (χ1v) is 6.56. The number of hydrogen-bond acceptors (Lipinski definition) is 1. The van der Waals surface area contributed by atoms with Gasteiger partial charge in [-0.05, 0) is 6.92 Å². The van der Waals surface area contributed by atoms with E-state index in [9.17, 15) is 30.7 Å². The van der Waals surface area contributed by atoms with Crippen LogP contribution in [0.4, 0.5) is 30.7 Å². The molecule has 1 aromatic carbocycles. The molecule has 2 N–H and O–H groups in total. The summed E-state index contributed by atoms with van der Waals surface area (Å²) in [5, 5.41) is 4.85. The van der Waals surface area contributed by atoms with Gasteiger partial charge in [-0.15, -0.1) is 24.0 Å². The van der Waals surface area contributed by atoms with Crippen molar-refractivity contribution in [2.45, 2.75) is 26.1 Å². The molecule has 1 rings (SSSR count). The summed E-state index contributed by atoms with van der Waals surface area (Å²) in [6.45, 7) is 0.579. The van der Waals surface area contributed by atoms with Gasteiger partial charge in [0, 0.05) is 19.2 Å². The second-order valence-electron chi connectivity index (χ2n) is 4.43. The van der Waals surface area contributed by atoms with E-state index in [1.807, 2.05) is 0 Å². The number of benzene rings is 1. The lowest BCUT2D eigenvalue weighted by molar-refractivity contribution is -0.132. The van der Waals surface area contributed by atoms with Crippen LogP contribution in [-0.2, 0) is 6.54 Å². The van der Waals surface area contributed by atoms with Crippen LogP contribution in [-0.4, -0.2) is 25.2 Å². The summed E-state index contributed by atoms with van der Waals surface area (Å²) in [5.74, 6) is -6.52. The van der Waals surface area contributed by atoms with Crippen LogP contribution in [0.15, 0.2) is 11.1 Å². The van der Waals surface area contributed by atoms with E-state index >= 15 is 0 Å². The summed E-state index contributed by atoms with van der Waals surface area (Å²) in [6.07, 6.45) is -5.52. The van der Waals surface area contributed by atoms with Crippen LogP contribution in [0, 0.1) is 23.3 Å². The summed E-state index contributed by atoms with van der Waals surface area (Å²) in [4.78, 5) is 3.62. The smallest absolute Gasteiger partial charge is 0.357 e. The molecule has 0 atom stereocenters. The first-order chi connectivity index (χ1) is 10.7. The lowest BCUT2D eigenvalue weighted by Gasteiger charge is -2.13. The number of halogens is 8. The van der Waals surface area contributed by atoms with Crippen molar-refractivity contribution < 1.29 is 30.7 Å². The molecule has 0 radical (unpaired) electrons.